The van der Waals surface area contributed by atoms with Gasteiger partial charge >= 0.3 is 0 Å². The van der Waals surface area contributed by atoms with Gasteiger partial charge in [-0.3, -0.25) is 9.59 Å². The average Bonchev–Trinajstić information content (AvgIpc) is 2.71. The van der Waals surface area contributed by atoms with Crippen LogP contribution in [0.3, 0.4) is 0 Å². The molecule has 1 aliphatic carbocycles. The Morgan fingerprint density at radius 2 is 1.86 bits per heavy atom. The van der Waals surface area contributed by atoms with Gasteiger partial charge in [-0.05, 0) is 48.4 Å². The monoisotopic (exact) mass is 398 g/mol. The smallest absolute Gasteiger partial charge is 0.253 e. The topological polar surface area (TPSA) is 58.2 Å². The number of benzene rings is 2. The molecular formula is C23H27ClN2O2. The summed E-state index contributed by atoms with van der Waals surface area (Å²) in [6.07, 6.45) is 3.78. The quantitative estimate of drug-likeness (QED) is 0.742. The summed E-state index contributed by atoms with van der Waals surface area (Å²) in [4.78, 5) is 25.8. The van der Waals surface area contributed by atoms with Gasteiger partial charge in [0.2, 0.25) is 5.91 Å². The molecule has 2 aromatic carbocycles. The predicted molar refractivity (Wildman–Crippen MR) is 112 cm³/mol. The van der Waals surface area contributed by atoms with Gasteiger partial charge in [0.1, 0.15) is 6.04 Å². The van der Waals surface area contributed by atoms with Gasteiger partial charge in [-0.25, -0.2) is 0 Å². The highest BCUT2D eigenvalue weighted by atomic mass is 35.5. The van der Waals surface area contributed by atoms with Gasteiger partial charge in [-0.1, -0.05) is 68.3 Å². The van der Waals surface area contributed by atoms with Crippen LogP contribution in [0.4, 0.5) is 0 Å². The van der Waals surface area contributed by atoms with E-state index in [0.717, 1.165) is 25.7 Å². The Morgan fingerprint density at radius 3 is 2.61 bits per heavy atom. The van der Waals surface area contributed by atoms with Crippen LogP contribution in [0.1, 0.15) is 60.6 Å². The zero-order valence-electron chi connectivity index (χ0n) is 16.4. The number of amides is 2. The third-order valence-electron chi connectivity index (χ3n) is 5.59. The fourth-order valence-corrected chi connectivity index (χ4v) is 3.95. The molecule has 3 atom stereocenters. The molecule has 28 heavy (non-hydrogen) atoms. The van der Waals surface area contributed by atoms with Gasteiger partial charge in [0.25, 0.3) is 5.91 Å². The molecule has 0 saturated heterocycles. The van der Waals surface area contributed by atoms with E-state index >= 15 is 0 Å². The van der Waals surface area contributed by atoms with Crippen LogP contribution in [-0.4, -0.2) is 17.9 Å². The van der Waals surface area contributed by atoms with Crippen LogP contribution in [0.25, 0.3) is 0 Å². The van der Waals surface area contributed by atoms with E-state index in [9.17, 15) is 9.59 Å². The van der Waals surface area contributed by atoms with E-state index in [2.05, 4.69) is 22.8 Å². The van der Waals surface area contributed by atoms with E-state index in [-0.39, 0.29) is 23.8 Å². The summed E-state index contributed by atoms with van der Waals surface area (Å²) in [7, 11) is 0. The first-order chi connectivity index (χ1) is 13.5. The fourth-order valence-electron chi connectivity index (χ4n) is 3.73. The van der Waals surface area contributed by atoms with Crippen LogP contribution in [0, 0.1) is 5.92 Å². The highest BCUT2D eigenvalue weighted by Gasteiger charge is 2.30. The van der Waals surface area contributed by atoms with Crippen LogP contribution < -0.4 is 10.6 Å². The molecule has 1 aliphatic rings. The molecule has 0 fully saturated rings. The molecule has 0 heterocycles. The first-order valence-corrected chi connectivity index (χ1v) is 10.3. The lowest BCUT2D eigenvalue weighted by Gasteiger charge is -2.30. The molecule has 2 N–H and O–H groups in total. The van der Waals surface area contributed by atoms with Crippen LogP contribution >= 0.6 is 11.6 Å². The van der Waals surface area contributed by atoms with Gasteiger partial charge in [-0.2, -0.15) is 0 Å². The van der Waals surface area contributed by atoms with Crippen molar-refractivity contribution < 1.29 is 9.59 Å². The maximum absolute atomic E-state index is 13.1. The number of aryl methyl sites for hydroxylation is 1. The van der Waals surface area contributed by atoms with Crippen LogP contribution in [0.5, 0.6) is 0 Å². The SMILES string of the molecule is CCC(C)C(NC(=O)c1ccccc1Cl)C(=O)NC1CCCc2ccccc21. The Bertz CT molecular complexity index is 852. The molecule has 0 bridgehead atoms. The average molecular weight is 399 g/mol. The van der Waals surface area contributed by atoms with Gasteiger partial charge in [0.15, 0.2) is 0 Å². The summed E-state index contributed by atoms with van der Waals surface area (Å²) in [5.41, 5.74) is 2.86. The lowest BCUT2D eigenvalue weighted by molar-refractivity contribution is -0.125. The fraction of sp³-hybridized carbons (Fsp3) is 0.391. The van der Waals surface area contributed by atoms with Crippen molar-refractivity contribution in [2.45, 2.75) is 51.6 Å². The van der Waals surface area contributed by atoms with E-state index in [4.69, 9.17) is 11.6 Å². The minimum Gasteiger partial charge on any atom is -0.347 e. The molecule has 148 valence electrons. The summed E-state index contributed by atoms with van der Waals surface area (Å²) in [6.45, 7) is 3.99. The highest BCUT2D eigenvalue weighted by molar-refractivity contribution is 6.33. The van der Waals surface area contributed by atoms with Crippen molar-refractivity contribution in [3.63, 3.8) is 0 Å². The molecule has 0 aliphatic heterocycles. The highest BCUT2D eigenvalue weighted by Crippen LogP contribution is 2.29. The lowest BCUT2D eigenvalue weighted by Crippen LogP contribution is -2.51. The number of fused-ring (bicyclic) bond motifs is 1. The Labute approximate surface area is 171 Å². The summed E-state index contributed by atoms with van der Waals surface area (Å²) < 4.78 is 0. The lowest BCUT2D eigenvalue weighted by atomic mass is 9.87. The minimum absolute atomic E-state index is 0.00488. The Morgan fingerprint density at radius 1 is 1.14 bits per heavy atom. The third kappa shape index (κ3) is 4.56. The third-order valence-corrected chi connectivity index (χ3v) is 5.92. The van der Waals surface area contributed by atoms with Crippen LogP contribution in [0.15, 0.2) is 48.5 Å². The summed E-state index contributed by atoms with van der Waals surface area (Å²) in [5, 5.41) is 6.46. The minimum atomic E-state index is -0.608. The summed E-state index contributed by atoms with van der Waals surface area (Å²) in [5.74, 6) is -0.461. The van der Waals surface area contributed by atoms with Crippen molar-refractivity contribution in [1.29, 1.82) is 0 Å². The number of hydrogen-bond donors (Lipinski definition) is 2. The zero-order chi connectivity index (χ0) is 20.1. The second-order valence-electron chi connectivity index (χ2n) is 7.47. The van der Waals surface area contributed by atoms with E-state index in [1.54, 1.807) is 24.3 Å². The van der Waals surface area contributed by atoms with Crippen molar-refractivity contribution in [1.82, 2.24) is 10.6 Å². The van der Waals surface area contributed by atoms with E-state index in [0.29, 0.717) is 10.6 Å². The molecular weight excluding hydrogens is 372 g/mol. The second kappa shape index (κ2) is 9.24. The molecule has 3 rings (SSSR count). The standard InChI is InChI=1S/C23H27ClN2O2/c1-3-15(2)21(26-22(27)18-12-6-7-13-19(18)24)23(28)25-20-14-8-10-16-9-4-5-11-17(16)20/h4-7,9,11-13,15,20-21H,3,8,10,14H2,1-2H3,(H,25,28)(H,26,27). The number of halogens is 1. The van der Waals surface area contributed by atoms with Crippen molar-refractivity contribution in [2.75, 3.05) is 0 Å². The second-order valence-corrected chi connectivity index (χ2v) is 7.88. The van der Waals surface area contributed by atoms with Crippen molar-refractivity contribution in [2.24, 2.45) is 5.92 Å². The molecule has 0 spiro atoms. The molecule has 2 amide bonds. The van der Waals surface area contributed by atoms with E-state index in [1.165, 1.54) is 11.1 Å². The molecule has 0 saturated carbocycles. The normalized spacial score (nSPS) is 17.9. The molecule has 5 heteroatoms. The van der Waals surface area contributed by atoms with Gasteiger partial charge in [0, 0.05) is 0 Å². The first-order valence-electron chi connectivity index (χ1n) is 9.94. The molecule has 4 nitrogen and oxygen atoms in total. The van der Waals surface area contributed by atoms with Crippen LogP contribution in [-0.2, 0) is 11.2 Å². The number of carbonyl (C=O) groups excluding carboxylic acids is 2. The number of nitrogens with one attached hydrogen (secondary N) is 2. The van der Waals surface area contributed by atoms with Crippen molar-refractivity contribution >= 4 is 23.4 Å². The molecule has 3 unspecified atom stereocenters. The zero-order valence-corrected chi connectivity index (χ0v) is 17.1. The Kier molecular flexibility index (Phi) is 6.74. The summed E-state index contributed by atoms with van der Waals surface area (Å²) in [6, 6.07) is 14.5. The van der Waals surface area contributed by atoms with Gasteiger partial charge < -0.3 is 10.6 Å². The van der Waals surface area contributed by atoms with E-state index in [1.807, 2.05) is 26.0 Å². The van der Waals surface area contributed by atoms with E-state index < -0.39 is 6.04 Å². The molecule has 0 aromatic heterocycles. The maximum atomic E-state index is 13.1. The van der Waals surface area contributed by atoms with Crippen LogP contribution in [0.2, 0.25) is 5.02 Å². The summed E-state index contributed by atoms with van der Waals surface area (Å²) >= 11 is 6.15. The molecule has 2 aromatic rings. The Hall–Kier alpha value is -2.33. The van der Waals surface area contributed by atoms with Crippen molar-refractivity contribution in [3.05, 3.63) is 70.2 Å². The Balaban J connectivity index is 1.76. The number of hydrogen-bond acceptors (Lipinski definition) is 2. The number of carbonyl (C=O) groups is 2. The molecule has 0 radical (unpaired) electrons. The number of rotatable bonds is 6. The van der Waals surface area contributed by atoms with Crippen molar-refractivity contribution in [3.8, 4) is 0 Å². The largest absolute Gasteiger partial charge is 0.347 e. The van der Waals surface area contributed by atoms with Gasteiger partial charge in [-0.15, -0.1) is 0 Å². The first kappa shape index (κ1) is 20.4. The maximum Gasteiger partial charge on any atom is 0.253 e. The predicted octanol–water partition coefficient (Wildman–Crippen LogP) is 4.68. The van der Waals surface area contributed by atoms with Gasteiger partial charge in [0.05, 0.1) is 16.6 Å².